The predicted molar refractivity (Wildman–Crippen MR) is 109 cm³/mol. The van der Waals surface area contributed by atoms with E-state index in [0.717, 1.165) is 22.4 Å². The van der Waals surface area contributed by atoms with Crippen LogP contribution in [0.25, 0.3) is 0 Å². The minimum Gasteiger partial charge on any atom is -0.497 e. The molecule has 27 heavy (non-hydrogen) atoms. The molecule has 3 rings (SSSR count). The van der Waals surface area contributed by atoms with E-state index in [-0.39, 0.29) is 11.9 Å². The molecule has 3 heteroatoms. The fourth-order valence-electron chi connectivity index (χ4n) is 3.11. The Morgan fingerprint density at radius 3 is 2.19 bits per heavy atom. The van der Waals surface area contributed by atoms with Crippen molar-refractivity contribution < 1.29 is 9.53 Å². The van der Waals surface area contributed by atoms with Gasteiger partial charge in [0.2, 0.25) is 5.91 Å². The normalized spacial score (nSPS) is 11.7. The third-order valence-electron chi connectivity index (χ3n) is 4.82. The Morgan fingerprint density at radius 2 is 1.56 bits per heavy atom. The van der Waals surface area contributed by atoms with Crippen LogP contribution >= 0.6 is 0 Å². The van der Waals surface area contributed by atoms with Gasteiger partial charge in [0.15, 0.2) is 0 Å². The standard InChI is InChI=1S/C24H25NO2/c1-17-9-10-19(15-18(17)2)16-23(26)25-24(20-7-5-4-6-8-20)21-11-13-22(27-3)14-12-21/h4-15,24H,16H2,1-3H3,(H,25,26)/t24-/m1/s1. The van der Waals surface area contributed by atoms with Gasteiger partial charge in [-0.05, 0) is 53.8 Å². The number of ether oxygens (including phenoxy) is 1. The first kappa shape index (κ1) is 18.7. The number of aryl methyl sites for hydroxylation is 2. The van der Waals surface area contributed by atoms with E-state index in [1.165, 1.54) is 11.1 Å². The molecule has 1 N–H and O–H groups in total. The summed E-state index contributed by atoms with van der Waals surface area (Å²) in [6.45, 7) is 4.15. The lowest BCUT2D eigenvalue weighted by atomic mass is 9.98. The van der Waals surface area contributed by atoms with Gasteiger partial charge in [0.05, 0.1) is 19.6 Å². The van der Waals surface area contributed by atoms with Gasteiger partial charge >= 0.3 is 0 Å². The zero-order chi connectivity index (χ0) is 19.2. The number of carbonyl (C=O) groups excluding carboxylic acids is 1. The molecule has 0 bridgehead atoms. The average Bonchev–Trinajstić information content (AvgIpc) is 2.70. The van der Waals surface area contributed by atoms with Gasteiger partial charge in [0, 0.05) is 0 Å². The number of benzene rings is 3. The molecule has 0 fully saturated rings. The summed E-state index contributed by atoms with van der Waals surface area (Å²) in [6.07, 6.45) is 0.362. The van der Waals surface area contributed by atoms with Gasteiger partial charge in [-0.2, -0.15) is 0 Å². The fraction of sp³-hybridized carbons (Fsp3) is 0.208. The van der Waals surface area contributed by atoms with Crippen molar-refractivity contribution in [2.75, 3.05) is 7.11 Å². The van der Waals surface area contributed by atoms with Crippen molar-refractivity contribution in [3.63, 3.8) is 0 Å². The zero-order valence-corrected chi connectivity index (χ0v) is 16.0. The second-order valence-corrected chi connectivity index (χ2v) is 6.78. The van der Waals surface area contributed by atoms with Gasteiger partial charge < -0.3 is 10.1 Å². The summed E-state index contributed by atoms with van der Waals surface area (Å²) < 4.78 is 5.25. The molecule has 0 saturated heterocycles. The lowest BCUT2D eigenvalue weighted by molar-refractivity contribution is -0.120. The summed E-state index contributed by atoms with van der Waals surface area (Å²) in [5.41, 5.74) is 5.54. The van der Waals surface area contributed by atoms with Crippen LogP contribution in [0.15, 0.2) is 72.8 Å². The van der Waals surface area contributed by atoms with Crippen LogP contribution in [0, 0.1) is 13.8 Å². The van der Waals surface area contributed by atoms with Crippen molar-refractivity contribution >= 4 is 5.91 Å². The Kier molecular flexibility index (Phi) is 5.92. The molecule has 3 aromatic rings. The molecule has 3 nitrogen and oxygen atoms in total. The Labute approximate surface area is 161 Å². The first-order chi connectivity index (χ1) is 13.1. The zero-order valence-electron chi connectivity index (χ0n) is 16.0. The molecule has 0 aliphatic rings. The van der Waals surface area contributed by atoms with Gasteiger partial charge in [0.25, 0.3) is 0 Å². The Balaban J connectivity index is 1.82. The number of nitrogens with one attached hydrogen (secondary N) is 1. The van der Waals surface area contributed by atoms with E-state index in [9.17, 15) is 4.79 Å². The molecule has 138 valence electrons. The summed E-state index contributed by atoms with van der Waals surface area (Å²) in [4.78, 5) is 12.8. The maximum atomic E-state index is 12.8. The lowest BCUT2D eigenvalue weighted by Gasteiger charge is -2.20. The molecular formula is C24H25NO2. The quantitative estimate of drug-likeness (QED) is 0.689. The summed E-state index contributed by atoms with van der Waals surface area (Å²) in [5.74, 6) is 0.801. The van der Waals surface area contributed by atoms with Crippen LogP contribution in [0.4, 0.5) is 0 Å². The van der Waals surface area contributed by atoms with E-state index in [1.807, 2.05) is 60.7 Å². The van der Waals surface area contributed by atoms with Gasteiger partial charge in [-0.25, -0.2) is 0 Å². The molecule has 1 atom stereocenters. The number of hydrogen-bond acceptors (Lipinski definition) is 2. The van der Waals surface area contributed by atoms with Gasteiger partial charge in [-0.1, -0.05) is 60.7 Å². The van der Waals surface area contributed by atoms with Gasteiger partial charge in [-0.3, -0.25) is 4.79 Å². The SMILES string of the molecule is COc1ccc([C@H](NC(=O)Cc2ccc(C)c(C)c2)c2ccccc2)cc1. The van der Waals surface area contributed by atoms with Crippen molar-refractivity contribution in [2.45, 2.75) is 26.3 Å². The second-order valence-electron chi connectivity index (χ2n) is 6.78. The van der Waals surface area contributed by atoms with Crippen LogP contribution in [0.5, 0.6) is 5.75 Å². The number of methoxy groups -OCH3 is 1. The number of hydrogen-bond donors (Lipinski definition) is 1. The van der Waals surface area contributed by atoms with Crippen molar-refractivity contribution in [1.29, 1.82) is 0 Å². The molecule has 0 aliphatic carbocycles. The highest BCUT2D eigenvalue weighted by atomic mass is 16.5. The third kappa shape index (κ3) is 4.76. The Morgan fingerprint density at radius 1 is 0.889 bits per heavy atom. The third-order valence-corrected chi connectivity index (χ3v) is 4.82. The largest absolute Gasteiger partial charge is 0.497 e. The lowest BCUT2D eigenvalue weighted by Crippen LogP contribution is -2.30. The second kappa shape index (κ2) is 8.54. The summed E-state index contributed by atoms with van der Waals surface area (Å²) in [5, 5.41) is 3.19. The first-order valence-electron chi connectivity index (χ1n) is 9.11. The van der Waals surface area contributed by atoms with Crippen LogP contribution < -0.4 is 10.1 Å². The van der Waals surface area contributed by atoms with E-state index >= 15 is 0 Å². The monoisotopic (exact) mass is 359 g/mol. The minimum atomic E-state index is -0.198. The average molecular weight is 359 g/mol. The minimum absolute atomic E-state index is 0.00271. The van der Waals surface area contributed by atoms with Crippen LogP contribution in [0.1, 0.15) is 33.9 Å². The van der Waals surface area contributed by atoms with Crippen molar-refractivity contribution in [1.82, 2.24) is 5.32 Å². The predicted octanol–water partition coefficient (Wildman–Crippen LogP) is 4.76. The molecule has 0 aromatic heterocycles. The van der Waals surface area contributed by atoms with Crippen LogP contribution in [-0.2, 0) is 11.2 Å². The summed E-state index contributed by atoms with van der Waals surface area (Å²) >= 11 is 0. The van der Waals surface area contributed by atoms with E-state index in [0.29, 0.717) is 6.42 Å². The topological polar surface area (TPSA) is 38.3 Å². The highest BCUT2D eigenvalue weighted by Crippen LogP contribution is 2.24. The van der Waals surface area contributed by atoms with E-state index < -0.39 is 0 Å². The first-order valence-corrected chi connectivity index (χ1v) is 9.11. The molecule has 0 aliphatic heterocycles. The Bertz CT molecular complexity index is 901. The fourth-order valence-corrected chi connectivity index (χ4v) is 3.11. The molecule has 0 unspecified atom stereocenters. The van der Waals surface area contributed by atoms with Crippen LogP contribution in [0.2, 0.25) is 0 Å². The van der Waals surface area contributed by atoms with E-state index in [1.54, 1.807) is 7.11 Å². The maximum absolute atomic E-state index is 12.8. The molecule has 3 aromatic carbocycles. The van der Waals surface area contributed by atoms with Crippen LogP contribution in [-0.4, -0.2) is 13.0 Å². The molecule has 0 radical (unpaired) electrons. The highest BCUT2D eigenvalue weighted by Gasteiger charge is 2.17. The van der Waals surface area contributed by atoms with Crippen LogP contribution in [0.3, 0.4) is 0 Å². The summed E-state index contributed by atoms with van der Waals surface area (Å²) in [6, 6.07) is 23.8. The van der Waals surface area contributed by atoms with Crippen molar-refractivity contribution in [2.24, 2.45) is 0 Å². The number of carbonyl (C=O) groups is 1. The highest BCUT2D eigenvalue weighted by molar-refractivity contribution is 5.79. The molecule has 0 saturated carbocycles. The van der Waals surface area contributed by atoms with E-state index in [2.05, 4.69) is 31.3 Å². The van der Waals surface area contributed by atoms with Crippen molar-refractivity contribution in [3.05, 3.63) is 101 Å². The molecule has 1 amide bonds. The van der Waals surface area contributed by atoms with Crippen molar-refractivity contribution in [3.8, 4) is 5.75 Å². The number of rotatable bonds is 6. The summed E-state index contributed by atoms with van der Waals surface area (Å²) in [7, 11) is 1.65. The smallest absolute Gasteiger partial charge is 0.225 e. The van der Waals surface area contributed by atoms with E-state index in [4.69, 9.17) is 4.74 Å². The number of amides is 1. The molecule has 0 spiro atoms. The molecule has 0 heterocycles. The Hall–Kier alpha value is -3.07. The van der Waals surface area contributed by atoms with Gasteiger partial charge in [0.1, 0.15) is 5.75 Å². The molecular weight excluding hydrogens is 334 g/mol. The van der Waals surface area contributed by atoms with Gasteiger partial charge in [-0.15, -0.1) is 0 Å². The maximum Gasteiger partial charge on any atom is 0.225 e.